The number of nitrogens with one attached hydrogen (secondary N) is 1. The SMILES string of the molecule is CCOc1cc(C2C(C(=O)N3CCOCC3)=C(C)NC3=C2C(=O)CC(C)(C)C3)cc(Br)c1OCC. The van der Waals surface area contributed by atoms with Crippen LogP contribution < -0.4 is 14.8 Å². The maximum absolute atomic E-state index is 13.9. The molecule has 0 saturated carbocycles. The van der Waals surface area contributed by atoms with E-state index in [-0.39, 0.29) is 17.1 Å². The van der Waals surface area contributed by atoms with Crippen molar-refractivity contribution in [1.82, 2.24) is 10.2 Å². The van der Waals surface area contributed by atoms with Crippen LogP contribution in [0.25, 0.3) is 0 Å². The van der Waals surface area contributed by atoms with E-state index in [9.17, 15) is 9.59 Å². The van der Waals surface area contributed by atoms with Gasteiger partial charge in [-0.1, -0.05) is 13.8 Å². The summed E-state index contributed by atoms with van der Waals surface area (Å²) >= 11 is 3.66. The van der Waals surface area contributed by atoms with Crippen LogP contribution in [0.5, 0.6) is 11.5 Å². The topological polar surface area (TPSA) is 77.1 Å². The van der Waals surface area contributed by atoms with E-state index in [4.69, 9.17) is 14.2 Å². The van der Waals surface area contributed by atoms with Crippen LogP contribution in [-0.2, 0) is 14.3 Å². The van der Waals surface area contributed by atoms with Gasteiger partial charge in [-0.3, -0.25) is 9.59 Å². The summed E-state index contributed by atoms with van der Waals surface area (Å²) in [7, 11) is 0. The van der Waals surface area contributed by atoms with E-state index in [1.165, 1.54) is 0 Å². The first-order chi connectivity index (χ1) is 16.7. The standard InChI is InChI=1S/C27H35BrN2O5/c1-6-34-21-13-17(12-18(28)25(21)35-7-2)23-22(26(32)30-8-10-33-11-9-30)16(3)29-19-14-27(4,5)15-20(31)24(19)23/h12-13,23,29H,6-11,14-15H2,1-5H3. The summed E-state index contributed by atoms with van der Waals surface area (Å²) in [5.41, 5.74) is 3.69. The number of Topliss-reactive ketones (excluding diaryl/α,β-unsaturated/α-hetero) is 1. The molecule has 3 aliphatic rings. The number of morpholine rings is 1. The van der Waals surface area contributed by atoms with Gasteiger partial charge in [0.05, 0.1) is 30.9 Å². The molecule has 1 amide bonds. The third kappa shape index (κ3) is 5.14. The molecule has 1 N–H and O–H groups in total. The molecule has 1 saturated heterocycles. The van der Waals surface area contributed by atoms with E-state index < -0.39 is 5.92 Å². The van der Waals surface area contributed by atoms with E-state index in [0.29, 0.717) is 68.6 Å². The molecular weight excluding hydrogens is 512 g/mol. The highest BCUT2D eigenvalue weighted by atomic mass is 79.9. The number of ether oxygens (including phenoxy) is 3. The summed E-state index contributed by atoms with van der Waals surface area (Å²) in [6.45, 7) is 13.1. The van der Waals surface area contributed by atoms with Gasteiger partial charge in [-0.25, -0.2) is 0 Å². The molecule has 0 bridgehead atoms. The van der Waals surface area contributed by atoms with Crippen molar-refractivity contribution in [3.05, 3.63) is 44.7 Å². The number of dihydropyridines is 1. The zero-order chi connectivity index (χ0) is 25.3. The summed E-state index contributed by atoms with van der Waals surface area (Å²) in [6.07, 6.45) is 1.19. The van der Waals surface area contributed by atoms with Gasteiger partial charge in [-0.05, 0) is 66.2 Å². The molecule has 0 radical (unpaired) electrons. The molecule has 1 fully saturated rings. The van der Waals surface area contributed by atoms with Crippen LogP contribution in [0.2, 0.25) is 0 Å². The zero-order valence-electron chi connectivity index (χ0n) is 21.3. The first-order valence-corrected chi connectivity index (χ1v) is 13.2. The highest BCUT2D eigenvalue weighted by Crippen LogP contribution is 2.49. The Labute approximate surface area is 216 Å². The second kappa shape index (κ2) is 10.3. The Bertz CT molecular complexity index is 1090. The number of rotatable bonds is 6. The fraction of sp³-hybridized carbons (Fsp3) is 0.556. The monoisotopic (exact) mass is 546 g/mol. The van der Waals surface area contributed by atoms with Crippen molar-refractivity contribution in [2.45, 2.75) is 53.4 Å². The molecular formula is C27H35BrN2O5. The van der Waals surface area contributed by atoms with E-state index >= 15 is 0 Å². The number of carbonyl (C=O) groups is 2. The minimum absolute atomic E-state index is 0.0598. The number of halogens is 1. The van der Waals surface area contributed by atoms with Crippen molar-refractivity contribution >= 4 is 27.6 Å². The van der Waals surface area contributed by atoms with Crippen molar-refractivity contribution in [2.24, 2.45) is 5.41 Å². The van der Waals surface area contributed by atoms with Crippen molar-refractivity contribution in [2.75, 3.05) is 39.5 Å². The Morgan fingerprint density at radius 1 is 1.17 bits per heavy atom. The van der Waals surface area contributed by atoms with E-state index in [1.807, 2.05) is 37.8 Å². The predicted octanol–water partition coefficient (Wildman–Crippen LogP) is 4.71. The van der Waals surface area contributed by atoms with Gasteiger partial charge in [0.1, 0.15) is 0 Å². The van der Waals surface area contributed by atoms with Crippen molar-refractivity contribution < 1.29 is 23.8 Å². The van der Waals surface area contributed by atoms with Gasteiger partial charge in [0.25, 0.3) is 5.91 Å². The number of benzene rings is 1. The van der Waals surface area contributed by atoms with Crippen LogP contribution in [0, 0.1) is 5.41 Å². The highest BCUT2D eigenvalue weighted by Gasteiger charge is 2.44. The Morgan fingerprint density at radius 3 is 2.51 bits per heavy atom. The summed E-state index contributed by atoms with van der Waals surface area (Å²) in [5, 5.41) is 3.45. The lowest BCUT2D eigenvalue weighted by Crippen LogP contribution is -2.45. The molecule has 1 atom stereocenters. The molecule has 4 rings (SSSR count). The van der Waals surface area contributed by atoms with Gasteiger partial charge in [0.2, 0.25) is 0 Å². The molecule has 35 heavy (non-hydrogen) atoms. The van der Waals surface area contributed by atoms with Gasteiger partial charge in [0, 0.05) is 48.0 Å². The molecule has 1 aromatic carbocycles. The van der Waals surface area contributed by atoms with Crippen molar-refractivity contribution in [1.29, 1.82) is 0 Å². The van der Waals surface area contributed by atoms with Gasteiger partial charge < -0.3 is 24.4 Å². The maximum atomic E-state index is 13.9. The Balaban J connectivity index is 1.89. The minimum atomic E-state index is -0.489. The van der Waals surface area contributed by atoms with Crippen LogP contribution in [0.4, 0.5) is 0 Å². The van der Waals surface area contributed by atoms with E-state index in [0.717, 1.165) is 27.9 Å². The summed E-state index contributed by atoms with van der Waals surface area (Å²) in [5.74, 6) is 0.751. The first-order valence-electron chi connectivity index (χ1n) is 12.4. The van der Waals surface area contributed by atoms with Crippen molar-refractivity contribution in [3.63, 3.8) is 0 Å². The Morgan fingerprint density at radius 2 is 1.86 bits per heavy atom. The molecule has 2 heterocycles. The quantitative estimate of drug-likeness (QED) is 0.556. The molecule has 7 nitrogen and oxygen atoms in total. The zero-order valence-corrected chi connectivity index (χ0v) is 22.8. The summed E-state index contributed by atoms with van der Waals surface area (Å²) in [4.78, 5) is 29.3. The lowest BCUT2D eigenvalue weighted by molar-refractivity contribution is -0.131. The molecule has 1 aliphatic carbocycles. The number of nitrogens with zero attached hydrogens (tertiary/aromatic N) is 1. The van der Waals surface area contributed by atoms with Crippen LogP contribution >= 0.6 is 15.9 Å². The average molecular weight is 547 g/mol. The lowest BCUT2D eigenvalue weighted by Gasteiger charge is -2.41. The third-order valence-corrected chi connectivity index (χ3v) is 7.31. The molecule has 8 heteroatoms. The van der Waals surface area contributed by atoms with Crippen LogP contribution in [0.1, 0.15) is 58.9 Å². The van der Waals surface area contributed by atoms with Crippen molar-refractivity contribution in [3.8, 4) is 11.5 Å². The fourth-order valence-electron chi connectivity index (χ4n) is 5.29. The molecule has 0 spiro atoms. The van der Waals surface area contributed by atoms with Crippen LogP contribution in [-0.4, -0.2) is 56.1 Å². The number of carbonyl (C=O) groups excluding carboxylic acids is 2. The van der Waals surface area contributed by atoms with Gasteiger partial charge in [-0.2, -0.15) is 0 Å². The predicted molar refractivity (Wildman–Crippen MR) is 138 cm³/mol. The van der Waals surface area contributed by atoms with Gasteiger partial charge in [0.15, 0.2) is 17.3 Å². The number of hydrogen-bond acceptors (Lipinski definition) is 6. The minimum Gasteiger partial charge on any atom is -0.490 e. The number of ketones is 1. The second-order valence-electron chi connectivity index (χ2n) is 10.0. The Hall–Kier alpha value is -2.32. The van der Waals surface area contributed by atoms with Gasteiger partial charge in [-0.15, -0.1) is 0 Å². The molecule has 1 aromatic rings. The van der Waals surface area contributed by atoms with Crippen LogP contribution in [0.15, 0.2) is 39.1 Å². The lowest BCUT2D eigenvalue weighted by atomic mass is 9.68. The van der Waals surface area contributed by atoms with Gasteiger partial charge >= 0.3 is 0 Å². The number of allylic oxidation sites excluding steroid dienone is 3. The van der Waals surface area contributed by atoms with E-state index in [2.05, 4.69) is 35.1 Å². The number of amides is 1. The normalized spacial score (nSPS) is 22.1. The van der Waals surface area contributed by atoms with E-state index in [1.54, 1.807) is 0 Å². The summed E-state index contributed by atoms with van der Waals surface area (Å²) < 4.78 is 18.0. The molecule has 0 aromatic heterocycles. The van der Waals surface area contributed by atoms with Crippen LogP contribution in [0.3, 0.4) is 0 Å². The molecule has 1 unspecified atom stereocenters. The first kappa shape index (κ1) is 25.8. The average Bonchev–Trinajstić information content (AvgIpc) is 2.79. The smallest absolute Gasteiger partial charge is 0.252 e. The highest BCUT2D eigenvalue weighted by molar-refractivity contribution is 9.10. The number of hydrogen-bond donors (Lipinski definition) is 1. The molecule has 190 valence electrons. The maximum Gasteiger partial charge on any atom is 0.252 e. The fourth-order valence-corrected chi connectivity index (χ4v) is 5.87. The summed E-state index contributed by atoms with van der Waals surface area (Å²) in [6, 6.07) is 3.88. The second-order valence-corrected chi connectivity index (χ2v) is 10.9. The largest absolute Gasteiger partial charge is 0.490 e. The third-order valence-electron chi connectivity index (χ3n) is 6.72. The molecule has 2 aliphatic heterocycles. The Kier molecular flexibility index (Phi) is 7.62.